The number of ketones is 1. The summed E-state index contributed by atoms with van der Waals surface area (Å²) in [4.78, 5) is 12.0. The Labute approximate surface area is 104 Å². The molecule has 0 aliphatic heterocycles. The van der Waals surface area contributed by atoms with Gasteiger partial charge in [0.2, 0.25) is 0 Å². The second kappa shape index (κ2) is 5.97. The van der Waals surface area contributed by atoms with E-state index in [4.69, 9.17) is 5.73 Å². The molecule has 1 aromatic rings. The number of carbonyl (C=O) groups is 1. The van der Waals surface area contributed by atoms with Crippen LogP contribution in [0.2, 0.25) is 0 Å². The van der Waals surface area contributed by atoms with Gasteiger partial charge < -0.3 is 5.73 Å². The fraction of sp³-hybridized carbons (Fsp3) is 0.533. The largest absolute Gasteiger partial charge is 0.321 e. The summed E-state index contributed by atoms with van der Waals surface area (Å²) in [6.07, 6.45) is 0.741. The summed E-state index contributed by atoms with van der Waals surface area (Å²) in [5.41, 5.74) is 7.87. The van der Waals surface area contributed by atoms with Gasteiger partial charge in [0.1, 0.15) is 0 Å². The minimum absolute atomic E-state index is 0.0500. The first-order valence-corrected chi connectivity index (χ1v) is 6.31. The van der Waals surface area contributed by atoms with E-state index in [2.05, 4.69) is 27.7 Å². The molecule has 94 valence electrons. The standard InChI is InChI=1S/C15H23NO/c1-10(2)9-14(16)15(17)13-7-5-12(6-8-13)11(3)4/h5-8,10-11,14H,9,16H2,1-4H3. The highest BCUT2D eigenvalue weighted by Gasteiger charge is 2.16. The lowest BCUT2D eigenvalue weighted by Gasteiger charge is -2.13. The first kappa shape index (κ1) is 13.9. The number of benzene rings is 1. The fourth-order valence-electron chi connectivity index (χ4n) is 1.86. The summed E-state index contributed by atoms with van der Waals surface area (Å²) >= 11 is 0. The van der Waals surface area contributed by atoms with Crippen LogP contribution < -0.4 is 5.73 Å². The maximum atomic E-state index is 12.0. The number of hydrogen-bond acceptors (Lipinski definition) is 2. The number of rotatable bonds is 5. The van der Waals surface area contributed by atoms with Crippen molar-refractivity contribution < 1.29 is 4.79 Å². The van der Waals surface area contributed by atoms with Gasteiger partial charge in [-0.15, -0.1) is 0 Å². The molecule has 2 N–H and O–H groups in total. The summed E-state index contributed by atoms with van der Waals surface area (Å²) in [7, 11) is 0. The summed E-state index contributed by atoms with van der Waals surface area (Å²) in [6, 6.07) is 7.43. The summed E-state index contributed by atoms with van der Waals surface area (Å²) in [5, 5.41) is 0. The van der Waals surface area contributed by atoms with Crippen molar-refractivity contribution in [3.05, 3.63) is 35.4 Å². The van der Waals surface area contributed by atoms with Crippen molar-refractivity contribution in [2.75, 3.05) is 0 Å². The van der Waals surface area contributed by atoms with Crippen molar-refractivity contribution in [1.29, 1.82) is 0 Å². The van der Waals surface area contributed by atoms with Crippen LogP contribution in [0.15, 0.2) is 24.3 Å². The van der Waals surface area contributed by atoms with E-state index in [1.807, 2.05) is 24.3 Å². The third-order valence-corrected chi connectivity index (χ3v) is 2.92. The third kappa shape index (κ3) is 3.97. The van der Waals surface area contributed by atoms with Crippen molar-refractivity contribution >= 4 is 5.78 Å². The molecule has 0 spiro atoms. The van der Waals surface area contributed by atoms with E-state index in [0.29, 0.717) is 11.8 Å². The van der Waals surface area contributed by atoms with E-state index in [9.17, 15) is 4.79 Å². The molecule has 0 saturated heterocycles. The van der Waals surface area contributed by atoms with Crippen LogP contribution in [0.1, 0.15) is 56.0 Å². The molecule has 0 aliphatic carbocycles. The topological polar surface area (TPSA) is 43.1 Å². The molecule has 0 bridgehead atoms. The van der Waals surface area contributed by atoms with E-state index >= 15 is 0 Å². The molecule has 0 aliphatic rings. The van der Waals surface area contributed by atoms with E-state index in [1.54, 1.807) is 0 Å². The predicted octanol–water partition coefficient (Wildman–Crippen LogP) is 3.37. The molecule has 1 atom stereocenters. The maximum Gasteiger partial charge on any atom is 0.179 e. The van der Waals surface area contributed by atoms with Crippen LogP contribution in [-0.2, 0) is 0 Å². The lowest BCUT2D eigenvalue weighted by Crippen LogP contribution is -2.31. The Hall–Kier alpha value is -1.15. The second-order valence-electron chi connectivity index (χ2n) is 5.38. The van der Waals surface area contributed by atoms with Gasteiger partial charge in [0.15, 0.2) is 5.78 Å². The molecule has 1 aromatic carbocycles. The van der Waals surface area contributed by atoms with Gasteiger partial charge in [-0.25, -0.2) is 0 Å². The Morgan fingerprint density at radius 2 is 1.65 bits per heavy atom. The highest BCUT2D eigenvalue weighted by Crippen LogP contribution is 2.16. The third-order valence-electron chi connectivity index (χ3n) is 2.92. The Bertz CT molecular complexity index is 365. The smallest absolute Gasteiger partial charge is 0.179 e. The Morgan fingerprint density at radius 3 is 2.06 bits per heavy atom. The van der Waals surface area contributed by atoms with Crippen LogP contribution in [0.3, 0.4) is 0 Å². The SMILES string of the molecule is CC(C)CC(N)C(=O)c1ccc(C(C)C)cc1. The molecule has 0 fully saturated rings. The minimum atomic E-state index is -0.375. The van der Waals surface area contributed by atoms with E-state index in [-0.39, 0.29) is 11.8 Å². The Kier molecular flexibility index (Phi) is 4.88. The Balaban J connectivity index is 2.76. The molecule has 2 heteroatoms. The van der Waals surface area contributed by atoms with Crippen LogP contribution >= 0.6 is 0 Å². The van der Waals surface area contributed by atoms with Crippen LogP contribution in [-0.4, -0.2) is 11.8 Å². The van der Waals surface area contributed by atoms with Crippen molar-refractivity contribution in [2.24, 2.45) is 11.7 Å². The molecule has 0 radical (unpaired) electrons. The monoisotopic (exact) mass is 233 g/mol. The van der Waals surface area contributed by atoms with E-state index in [1.165, 1.54) is 5.56 Å². The second-order valence-corrected chi connectivity index (χ2v) is 5.38. The molecule has 17 heavy (non-hydrogen) atoms. The molecular formula is C15H23NO. The summed E-state index contributed by atoms with van der Waals surface area (Å²) in [5.74, 6) is 0.987. The number of carbonyl (C=O) groups excluding carboxylic acids is 1. The molecule has 0 aromatic heterocycles. The molecule has 1 unspecified atom stereocenters. The Morgan fingerprint density at radius 1 is 1.12 bits per heavy atom. The lowest BCUT2D eigenvalue weighted by molar-refractivity contribution is 0.0951. The average Bonchev–Trinajstić information content (AvgIpc) is 2.27. The van der Waals surface area contributed by atoms with Crippen molar-refractivity contribution in [1.82, 2.24) is 0 Å². The van der Waals surface area contributed by atoms with E-state index in [0.717, 1.165) is 12.0 Å². The van der Waals surface area contributed by atoms with Crippen molar-refractivity contribution in [3.8, 4) is 0 Å². The molecule has 0 saturated carbocycles. The normalized spacial score (nSPS) is 13.1. The van der Waals surface area contributed by atoms with Gasteiger partial charge in [-0.1, -0.05) is 52.0 Å². The zero-order valence-corrected chi connectivity index (χ0v) is 11.2. The molecular weight excluding hydrogens is 210 g/mol. The quantitative estimate of drug-likeness (QED) is 0.792. The molecule has 0 amide bonds. The minimum Gasteiger partial charge on any atom is -0.321 e. The first-order valence-electron chi connectivity index (χ1n) is 6.31. The fourth-order valence-corrected chi connectivity index (χ4v) is 1.86. The van der Waals surface area contributed by atoms with Gasteiger partial charge in [0.25, 0.3) is 0 Å². The van der Waals surface area contributed by atoms with Crippen LogP contribution in [0.4, 0.5) is 0 Å². The van der Waals surface area contributed by atoms with Crippen LogP contribution in [0.5, 0.6) is 0 Å². The number of hydrogen-bond donors (Lipinski definition) is 1. The summed E-state index contributed by atoms with van der Waals surface area (Å²) in [6.45, 7) is 8.44. The highest BCUT2D eigenvalue weighted by atomic mass is 16.1. The maximum absolute atomic E-state index is 12.0. The zero-order chi connectivity index (χ0) is 13.0. The predicted molar refractivity (Wildman–Crippen MR) is 72.3 cm³/mol. The first-order chi connectivity index (χ1) is 7.91. The molecule has 1 rings (SSSR count). The molecule has 2 nitrogen and oxygen atoms in total. The van der Waals surface area contributed by atoms with Crippen LogP contribution in [0.25, 0.3) is 0 Å². The van der Waals surface area contributed by atoms with E-state index < -0.39 is 0 Å². The number of nitrogens with two attached hydrogens (primary N) is 1. The number of Topliss-reactive ketones (excluding diaryl/α,β-unsaturated/α-hetero) is 1. The van der Waals surface area contributed by atoms with Crippen molar-refractivity contribution in [2.45, 2.75) is 46.1 Å². The van der Waals surface area contributed by atoms with Gasteiger partial charge in [-0.2, -0.15) is 0 Å². The van der Waals surface area contributed by atoms with Crippen molar-refractivity contribution in [3.63, 3.8) is 0 Å². The lowest BCUT2D eigenvalue weighted by atomic mass is 9.95. The zero-order valence-electron chi connectivity index (χ0n) is 11.2. The van der Waals surface area contributed by atoms with Gasteiger partial charge >= 0.3 is 0 Å². The van der Waals surface area contributed by atoms with Gasteiger partial charge in [0.05, 0.1) is 6.04 Å². The molecule has 0 heterocycles. The van der Waals surface area contributed by atoms with Crippen LogP contribution in [0, 0.1) is 5.92 Å². The van der Waals surface area contributed by atoms with Gasteiger partial charge in [-0.05, 0) is 23.8 Å². The summed E-state index contributed by atoms with van der Waals surface area (Å²) < 4.78 is 0. The van der Waals surface area contributed by atoms with Gasteiger partial charge in [0, 0.05) is 5.56 Å². The highest BCUT2D eigenvalue weighted by molar-refractivity contribution is 5.99. The average molecular weight is 233 g/mol. The van der Waals surface area contributed by atoms with Gasteiger partial charge in [-0.3, -0.25) is 4.79 Å².